The lowest BCUT2D eigenvalue weighted by molar-refractivity contribution is -0.139. The first-order chi connectivity index (χ1) is 8.24. The van der Waals surface area contributed by atoms with Crippen LogP contribution in [-0.4, -0.2) is 19.2 Å². The third kappa shape index (κ3) is 2.69. The smallest absolute Gasteiger partial charge is 0.336 e. The van der Waals surface area contributed by atoms with Crippen molar-refractivity contribution in [2.24, 2.45) is 0 Å². The Morgan fingerprint density at radius 1 is 1.53 bits per heavy atom. The number of hydrogen-bond donors (Lipinski definition) is 0. The number of benzene rings is 1. The molecule has 0 fully saturated rings. The fourth-order valence-electron chi connectivity index (χ4n) is 1.78. The molecular weight excluding hydrogens is 331 g/mol. The maximum absolute atomic E-state index is 11.8. The molecule has 2 rings (SSSR count). The second kappa shape index (κ2) is 5.64. The number of halogens is 1. The second-order valence-corrected chi connectivity index (χ2v) is 4.78. The minimum absolute atomic E-state index is 0.283. The summed E-state index contributed by atoms with van der Waals surface area (Å²) in [7, 11) is 0. The van der Waals surface area contributed by atoms with Gasteiger partial charge in [0.05, 0.1) is 18.8 Å². The van der Waals surface area contributed by atoms with Crippen LogP contribution in [-0.2, 0) is 14.3 Å². The van der Waals surface area contributed by atoms with Gasteiger partial charge in [0.1, 0.15) is 6.10 Å². The van der Waals surface area contributed by atoms with Gasteiger partial charge in [-0.2, -0.15) is 0 Å². The SMILES string of the molecule is CCOC(=O)C1=CCOC1c1ccccc1I. The highest BCUT2D eigenvalue weighted by Crippen LogP contribution is 2.33. The first kappa shape index (κ1) is 12.6. The van der Waals surface area contributed by atoms with Gasteiger partial charge in [0.25, 0.3) is 0 Å². The number of hydrogen-bond acceptors (Lipinski definition) is 3. The van der Waals surface area contributed by atoms with Gasteiger partial charge in [-0.1, -0.05) is 18.2 Å². The van der Waals surface area contributed by atoms with E-state index in [2.05, 4.69) is 22.6 Å². The van der Waals surface area contributed by atoms with Crippen LogP contribution >= 0.6 is 22.6 Å². The summed E-state index contributed by atoms with van der Waals surface area (Å²) in [5.74, 6) is -0.283. The van der Waals surface area contributed by atoms with E-state index in [1.165, 1.54) is 0 Å². The normalized spacial score (nSPS) is 18.9. The minimum atomic E-state index is -0.290. The minimum Gasteiger partial charge on any atom is -0.463 e. The molecule has 0 spiro atoms. The van der Waals surface area contributed by atoms with Crippen LogP contribution < -0.4 is 0 Å². The maximum atomic E-state index is 11.8. The summed E-state index contributed by atoms with van der Waals surface area (Å²) < 4.78 is 11.7. The van der Waals surface area contributed by atoms with Crippen molar-refractivity contribution in [3.8, 4) is 0 Å². The third-order valence-electron chi connectivity index (χ3n) is 2.55. The van der Waals surface area contributed by atoms with E-state index in [-0.39, 0.29) is 12.1 Å². The molecule has 1 aromatic rings. The Labute approximate surface area is 114 Å². The second-order valence-electron chi connectivity index (χ2n) is 3.61. The van der Waals surface area contributed by atoms with Crippen molar-refractivity contribution >= 4 is 28.6 Å². The van der Waals surface area contributed by atoms with Crippen LogP contribution in [0.4, 0.5) is 0 Å². The van der Waals surface area contributed by atoms with E-state index in [9.17, 15) is 4.79 Å². The monoisotopic (exact) mass is 344 g/mol. The Bertz CT molecular complexity index is 454. The molecule has 0 bridgehead atoms. The standard InChI is InChI=1S/C13H13IO3/c1-2-16-13(15)10-7-8-17-12(10)9-5-3-4-6-11(9)14/h3-7,12H,2,8H2,1H3. The van der Waals surface area contributed by atoms with Gasteiger partial charge in [0.15, 0.2) is 0 Å². The number of carbonyl (C=O) groups is 1. The van der Waals surface area contributed by atoms with Gasteiger partial charge in [-0.3, -0.25) is 0 Å². The molecule has 0 saturated heterocycles. The van der Waals surface area contributed by atoms with Crippen LogP contribution in [0.5, 0.6) is 0 Å². The zero-order valence-corrected chi connectivity index (χ0v) is 11.6. The molecule has 0 aliphatic carbocycles. The molecule has 0 N–H and O–H groups in total. The van der Waals surface area contributed by atoms with Gasteiger partial charge in [-0.15, -0.1) is 0 Å². The zero-order valence-electron chi connectivity index (χ0n) is 9.48. The number of carbonyl (C=O) groups excluding carboxylic acids is 1. The van der Waals surface area contributed by atoms with E-state index in [0.717, 1.165) is 9.13 Å². The summed E-state index contributed by atoms with van der Waals surface area (Å²) >= 11 is 2.25. The summed E-state index contributed by atoms with van der Waals surface area (Å²) in [6.07, 6.45) is 1.51. The van der Waals surface area contributed by atoms with Crippen LogP contribution in [0.2, 0.25) is 0 Å². The van der Waals surface area contributed by atoms with E-state index in [1.54, 1.807) is 13.0 Å². The molecule has 1 atom stereocenters. The van der Waals surface area contributed by atoms with Gasteiger partial charge in [-0.25, -0.2) is 4.79 Å². The topological polar surface area (TPSA) is 35.5 Å². The van der Waals surface area contributed by atoms with E-state index >= 15 is 0 Å². The molecule has 90 valence electrons. The van der Waals surface area contributed by atoms with Gasteiger partial charge >= 0.3 is 5.97 Å². The zero-order chi connectivity index (χ0) is 12.3. The average Bonchev–Trinajstić information content (AvgIpc) is 2.79. The van der Waals surface area contributed by atoms with Gasteiger partial charge < -0.3 is 9.47 Å². The molecule has 3 nitrogen and oxygen atoms in total. The average molecular weight is 344 g/mol. The van der Waals surface area contributed by atoms with Crippen LogP contribution in [0.3, 0.4) is 0 Å². The molecule has 1 heterocycles. The summed E-state index contributed by atoms with van der Waals surface area (Å²) in [5.41, 5.74) is 1.63. The summed E-state index contributed by atoms with van der Waals surface area (Å²) in [4.78, 5) is 11.8. The fraction of sp³-hybridized carbons (Fsp3) is 0.308. The van der Waals surface area contributed by atoms with Gasteiger partial charge in [0, 0.05) is 3.57 Å². The lowest BCUT2D eigenvalue weighted by Gasteiger charge is -2.15. The maximum Gasteiger partial charge on any atom is 0.336 e. The van der Waals surface area contributed by atoms with Crippen molar-refractivity contribution in [2.75, 3.05) is 13.2 Å². The Hall–Kier alpha value is -0.880. The van der Waals surface area contributed by atoms with Crippen molar-refractivity contribution in [3.05, 3.63) is 45.0 Å². The molecule has 0 saturated carbocycles. The molecule has 17 heavy (non-hydrogen) atoms. The van der Waals surface area contributed by atoms with Crippen molar-refractivity contribution in [3.63, 3.8) is 0 Å². The molecule has 1 unspecified atom stereocenters. The molecule has 4 heteroatoms. The Morgan fingerprint density at radius 3 is 3.00 bits per heavy atom. The van der Waals surface area contributed by atoms with E-state index in [4.69, 9.17) is 9.47 Å². The first-order valence-electron chi connectivity index (χ1n) is 5.47. The molecular formula is C13H13IO3. The van der Waals surface area contributed by atoms with Gasteiger partial charge in [0.2, 0.25) is 0 Å². The Balaban J connectivity index is 2.25. The predicted molar refractivity (Wildman–Crippen MR) is 72.6 cm³/mol. The fourth-order valence-corrected chi connectivity index (χ4v) is 2.45. The molecule has 0 aromatic heterocycles. The number of rotatable bonds is 3. The highest BCUT2D eigenvalue weighted by atomic mass is 127. The van der Waals surface area contributed by atoms with E-state index in [0.29, 0.717) is 18.8 Å². The van der Waals surface area contributed by atoms with Crippen molar-refractivity contribution in [1.82, 2.24) is 0 Å². The number of ether oxygens (including phenoxy) is 2. The van der Waals surface area contributed by atoms with Crippen LogP contribution in [0.1, 0.15) is 18.6 Å². The van der Waals surface area contributed by atoms with E-state index in [1.807, 2.05) is 24.3 Å². The van der Waals surface area contributed by atoms with Crippen molar-refractivity contribution < 1.29 is 14.3 Å². The largest absolute Gasteiger partial charge is 0.463 e. The third-order valence-corrected chi connectivity index (χ3v) is 3.53. The lowest BCUT2D eigenvalue weighted by atomic mass is 10.0. The molecule has 0 radical (unpaired) electrons. The van der Waals surface area contributed by atoms with Crippen LogP contribution in [0.15, 0.2) is 35.9 Å². The molecule has 1 aromatic carbocycles. The van der Waals surface area contributed by atoms with Gasteiger partial charge in [-0.05, 0) is 47.2 Å². The van der Waals surface area contributed by atoms with Crippen molar-refractivity contribution in [2.45, 2.75) is 13.0 Å². The quantitative estimate of drug-likeness (QED) is 0.625. The van der Waals surface area contributed by atoms with Crippen molar-refractivity contribution in [1.29, 1.82) is 0 Å². The summed E-state index contributed by atoms with van der Waals surface area (Å²) in [6.45, 7) is 2.65. The molecule has 1 aliphatic rings. The first-order valence-corrected chi connectivity index (χ1v) is 6.55. The summed E-state index contributed by atoms with van der Waals surface area (Å²) in [5, 5.41) is 0. The highest BCUT2D eigenvalue weighted by Gasteiger charge is 2.29. The highest BCUT2D eigenvalue weighted by molar-refractivity contribution is 14.1. The van der Waals surface area contributed by atoms with Crippen LogP contribution in [0, 0.1) is 3.57 Å². The Kier molecular flexibility index (Phi) is 4.17. The molecule has 0 amide bonds. The van der Waals surface area contributed by atoms with E-state index < -0.39 is 0 Å². The predicted octanol–water partition coefficient (Wildman–Crippen LogP) is 2.85. The summed E-state index contributed by atoms with van der Waals surface area (Å²) in [6, 6.07) is 7.89. The van der Waals surface area contributed by atoms with Crippen LogP contribution in [0.25, 0.3) is 0 Å². The molecule has 1 aliphatic heterocycles. The number of esters is 1. The lowest BCUT2D eigenvalue weighted by Crippen LogP contribution is -2.13. The Morgan fingerprint density at radius 2 is 2.29 bits per heavy atom.